The second-order valence-corrected chi connectivity index (χ2v) is 15.9. The van der Waals surface area contributed by atoms with Gasteiger partial charge in [0.05, 0.1) is 5.41 Å². The molecule has 0 bridgehead atoms. The first-order valence-corrected chi connectivity index (χ1v) is 21.0. The zero-order valence-corrected chi connectivity index (χ0v) is 33.6. The number of fused-ring (bicyclic) bond motifs is 6. The summed E-state index contributed by atoms with van der Waals surface area (Å²) in [6.07, 6.45) is 0. The van der Waals surface area contributed by atoms with Crippen molar-refractivity contribution in [3.63, 3.8) is 0 Å². The third-order valence-electron chi connectivity index (χ3n) is 12.4. The van der Waals surface area contributed by atoms with Crippen LogP contribution in [0.1, 0.15) is 22.3 Å². The van der Waals surface area contributed by atoms with Crippen LogP contribution in [0.5, 0.6) is 0 Å². The fourth-order valence-electron chi connectivity index (χ4n) is 9.62. The Balaban J connectivity index is 1.04. The standard InChI is InChI=1S/C58H37N3O/c1-5-16-38(17-6-1)39-28-30-41(31-29-39)55-59-56(61-57(60-55)43-32-34-48-53(37-43)62-52-27-15-25-46(54(48)52)40-18-7-2-8-19-40)42-33-35-51-49(36-42)47-24-13-14-26-50(47)58(51,44-20-9-3-10-21-44)45-22-11-4-12-23-45/h1-37H. The molecule has 0 saturated heterocycles. The van der Waals surface area contributed by atoms with Crippen LogP contribution in [0, 0.1) is 0 Å². The predicted molar refractivity (Wildman–Crippen MR) is 252 cm³/mol. The molecule has 290 valence electrons. The van der Waals surface area contributed by atoms with Crippen LogP contribution in [0.25, 0.3) is 89.5 Å². The first kappa shape index (κ1) is 35.7. The Morgan fingerprint density at radius 3 is 1.47 bits per heavy atom. The van der Waals surface area contributed by atoms with Crippen LogP contribution in [0.3, 0.4) is 0 Å². The zero-order chi connectivity index (χ0) is 41.0. The Bertz CT molecular complexity index is 3390. The van der Waals surface area contributed by atoms with Gasteiger partial charge in [0.15, 0.2) is 17.5 Å². The summed E-state index contributed by atoms with van der Waals surface area (Å²) in [7, 11) is 0. The molecule has 0 N–H and O–H groups in total. The molecule has 2 aromatic heterocycles. The second-order valence-electron chi connectivity index (χ2n) is 15.9. The molecule has 9 aromatic carbocycles. The molecular formula is C58H37N3O. The van der Waals surface area contributed by atoms with Crippen LogP contribution < -0.4 is 0 Å². The highest BCUT2D eigenvalue weighted by molar-refractivity contribution is 6.13. The second kappa shape index (κ2) is 14.5. The summed E-state index contributed by atoms with van der Waals surface area (Å²) in [6.45, 7) is 0. The van der Waals surface area contributed by atoms with Gasteiger partial charge in [0.2, 0.25) is 0 Å². The van der Waals surface area contributed by atoms with Crippen molar-refractivity contribution in [3.8, 4) is 67.5 Å². The SMILES string of the molecule is c1ccc(-c2ccc(-c3nc(-c4ccc5c(c4)-c4ccccc4C5(c4ccccc4)c4ccccc4)nc(-c4ccc5c(c4)oc4cccc(-c6ccccc6)c45)n3)cc2)cc1. The van der Waals surface area contributed by atoms with Crippen molar-refractivity contribution < 1.29 is 4.42 Å². The minimum Gasteiger partial charge on any atom is -0.456 e. The van der Waals surface area contributed by atoms with Crippen LogP contribution in [0.2, 0.25) is 0 Å². The lowest BCUT2D eigenvalue weighted by atomic mass is 9.67. The van der Waals surface area contributed by atoms with Gasteiger partial charge in [-0.3, -0.25) is 0 Å². The Morgan fingerprint density at radius 1 is 0.306 bits per heavy atom. The molecule has 0 unspecified atom stereocenters. The fourth-order valence-corrected chi connectivity index (χ4v) is 9.62. The van der Waals surface area contributed by atoms with E-state index in [0.717, 1.165) is 60.9 Å². The Hall–Kier alpha value is -8.21. The monoisotopic (exact) mass is 791 g/mol. The molecule has 0 fully saturated rings. The maximum absolute atomic E-state index is 6.57. The summed E-state index contributed by atoms with van der Waals surface area (Å²) in [4.78, 5) is 15.7. The molecule has 62 heavy (non-hydrogen) atoms. The van der Waals surface area contributed by atoms with Crippen LogP contribution in [-0.2, 0) is 5.41 Å². The lowest BCUT2D eigenvalue weighted by Crippen LogP contribution is -2.28. The molecule has 0 amide bonds. The molecule has 4 heteroatoms. The lowest BCUT2D eigenvalue weighted by molar-refractivity contribution is 0.669. The van der Waals surface area contributed by atoms with E-state index in [1.807, 2.05) is 18.2 Å². The van der Waals surface area contributed by atoms with E-state index in [1.165, 1.54) is 33.4 Å². The van der Waals surface area contributed by atoms with Gasteiger partial charge < -0.3 is 4.42 Å². The molecule has 4 nitrogen and oxygen atoms in total. The van der Waals surface area contributed by atoms with Gasteiger partial charge in [-0.15, -0.1) is 0 Å². The highest BCUT2D eigenvalue weighted by atomic mass is 16.3. The maximum Gasteiger partial charge on any atom is 0.164 e. The van der Waals surface area contributed by atoms with Gasteiger partial charge >= 0.3 is 0 Å². The third-order valence-corrected chi connectivity index (χ3v) is 12.4. The quantitative estimate of drug-likeness (QED) is 0.161. The van der Waals surface area contributed by atoms with Crippen molar-refractivity contribution in [2.24, 2.45) is 0 Å². The minimum absolute atomic E-state index is 0.495. The summed E-state index contributed by atoms with van der Waals surface area (Å²) in [6, 6.07) is 79.2. The Labute approximate surface area is 359 Å². The third kappa shape index (κ3) is 5.72. The van der Waals surface area contributed by atoms with Crippen molar-refractivity contribution in [3.05, 3.63) is 247 Å². The Morgan fingerprint density at radius 2 is 0.790 bits per heavy atom. The average molecular weight is 792 g/mol. The molecule has 0 atom stereocenters. The van der Waals surface area contributed by atoms with E-state index in [4.69, 9.17) is 19.4 Å². The maximum atomic E-state index is 6.57. The molecule has 0 spiro atoms. The first-order valence-electron chi connectivity index (χ1n) is 21.0. The largest absolute Gasteiger partial charge is 0.456 e. The molecule has 1 aliphatic rings. The Kier molecular flexibility index (Phi) is 8.36. The molecule has 11 aromatic rings. The number of benzene rings is 9. The summed E-state index contributed by atoms with van der Waals surface area (Å²) < 4.78 is 6.57. The van der Waals surface area contributed by atoms with Crippen LogP contribution >= 0.6 is 0 Å². The molecule has 0 radical (unpaired) electrons. The van der Waals surface area contributed by atoms with E-state index in [0.29, 0.717) is 17.5 Å². The summed E-state index contributed by atoms with van der Waals surface area (Å²) >= 11 is 0. The number of nitrogens with zero attached hydrogens (tertiary/aromatic N) is 3. The van der Waals surface area contributed by atoms with Crippen molar-refractivity contribution in [2.45, 2.75) is 5.41 Å². The summed E-state index contributed by atoms with van der Waals surface area (Å²) in [5, 5.41) is 2.14. The van der Waals surface area contributed by atoms with E-state index in [9.17, 15) is 0 Å². The smallest absolute Gasteiger partial charge is 0.164 e. The minimum atomic E-state index is -0.495. The summed E-state index contributed by atoms with van der Waals surface area (Å²) in [5.74, 6) is 1.78. The van der Waals surface area contributed by atoms with Gasteiger partial charge in [0.25, 0.3) is 0 Å². The van der Waals surface area contributed by atoms with E-state index in [2.05, 4.69) is 206 Å². The fraction of sp³-hybridized carbons (Fsp3) is 0.0172. The van der Waals surface area contributed by atoms with Crippen LogP contribution in [-0.4, -0.2) is 15.0 Å². The molecular weight excluding hydrogens is 755 g/mol. The molecule has 1 aliphatic carbocycles. The van der Waals surface area contributed by atoms with E-state index in [1.54, 1.807) is 0 Å². The predicted octanol–water partition coefficient (Wildman–Crippen LogP) is 14.5. The first-order chi connectivity index (χ1) is 30.7. The van der Waals surface area contributed by atoms with Crippen LogP contribution in [0.15, 0.2) is 229 Å². The molecule has 2 heterocycles. The van der Waals surface area contributed by atoms with E-state index in [-0.39, 0.29) is 0 Å². The molecule has 0 saturated carbocycles. The highest BCUT2D eigenvalue weighted by Gasteiger charge is 2.46. The van der Waals surface area contributed by atoms with Crippen molar-refractivity contribution >= 4 is 21.9 Å². The van der Waals surface area contributed by atoms with Gasteiger partial charge in [0.1, 0.15) is 11.2 Å². The van der Waals surface area contributed by atoms with Crippen molar-refractivity contribution in [1.29, 1.82) is 0 Å². The van der Waals surface area contributed by atoms with Crippen molar-refractivity contribution in [2.75, 3.05) is 0 Å². The lowest BCUT2D eigenvalue weighted by Gasteiger charge is -2.33. The number of furan rings is 1. The zero-order valence-electron chi connectivity index (χ0n) is 33.6. The number of hydrogen-bond donors (Lipinski definition) is 0. The van der Waals surface area contributed by atoms with Gasteiger partial charge in [-0.2, -0.15) is 0 Å². The van der Waals surface area contributed by atoms with Gasteiger partial charge in [-0.25, -0.2) is 15.0 Å². The number of hydrogen-bond acceptors (Lipinski definition) is 4. The van der Waals surface area contributed by atoms with Gasteiger partial charge in [-0.1, -0.05) is 200 Å². The summed E-state index contributed by atoms with van der Waals surface area (Å²) in [5.41, 5.74) is 15.7. The molecule has 0 aliphatic heterocycles. The van der Waals surface area contributed by atoms with E-state index >= 15 is 0 Å². The van der Waals surface area contributed by atoms with Gasteiger partial charge in [0, 0.05) is 27.5 Å². The normalized spacial score (nSPS) is 12.6. The molecule has 12 rings (SSSR count). The van der Waals surface area contributed by atoms with Gasteiger partial charge in [-0.05, 0) is 79.9 Å². The van der Waals surface area contributed by atoms with Crippen molar-refractivity contribution in [1.82, 2.24) is 15.0 Å². The van der Waals surface area contributed by atoms with E-state index < -0.39 is 5.41 Å². The number of rotatable bonds is 7. The number of aromatic nitrogens is 3. The topological polar surface area (TPSA) is 51.8 Å². The van der Waals surface area contributed by atoms with Crippen LogP contribution in [0.4, 0.5) is 0 Å². The average Bonchev–Trinajstić information content (AvgIpc) is 3.88. The highest BCUT2D eigenvalue weighted by Crippen LogP contribution is 2.56.